The number of ketones is 1. The summed E-state index contributed by atoms with van der Waals surface area (Å²) in [6.07, 6.45) is 2.64. The predicted molar refractivity (Wildman–Crippen MR) is 37.4 cm³/mol. The van der Waals surface area contributed by atoms with Crippen molar-refractivity contribution >= 4 is 5.78 Å². The topological polar surface area (TPSA) is 48.1 Å². The number of epoxide rings is 1. The first-order valence-corrected chi connectivity index (χ1v) is 3.98. The zero-order chi connectivity index (χ0) is 8.18. The zero-order valence-corrected chi connectivity index (χ0v) is 6.36. The van der Waals surface area contributed by atoms with Crippen molar-refractivity contribution in [2.75, 3.05) is 13.2 Å². The molecule has 64 valence electrons. The quantitative estimate of drug-likeness (QED) is 0.463. The second kappa shape index (κ2) is 1.96. The summed E-state index contributed by atoms with van der Waals surface area (Å²) in [5.74, 6) is -0.719. The Kier molecular flexibility index (Phi) is 1.11. The van der Waals surface area contributed by atoms with Crippen LogP contribution < -0.4 is 0 Å². The van der Waals surface area contributed by atoms with E-state index in [4.69, 9.17) is 14.2 Å². The maximum absolute atomic E-state index is 11.1. The van der Waals surface area contributed by atoms with Gasteiger partial charge >= 0.3 is 0 Å². The van der Waals surface area contributed by atoms with Gasteiger partial charge in [-0.05, 0) is 12.2 Å². The molecule has 4 nitrogen and oxygen atoms in total. The smallest absolute Gasteiger partial charge is 0.218 e. The average molecular weight is 168 g/mol. The van der Waals surface area contributed by atoms with Gasteiger partial charge in [-0.1, -0.05) is 0 Å². The fourth-order valence-corrected chi connectivity index (χ4v) is 1.73. The Labute approximate surface area is 69.1 Å². The molecule has 0 saturated carbocycles. The van der Waals surface area contributed by atoms with Crippen molar-refractivity contribution < 1.29 is 19.0 Å². The fourth-order valence-electron chi connectivity index (χ4n) is 1.73. The summed E-state index contributed by atoms with van der Waals surface area (Å²) in [6.45, 7) is 1.15. The van der Waals surface area contributed by atoms with Crippen LogP contribution in [0.15, 0.2) is 12.2 Å². The van der Waals surface area contributed by atoms with Gasteiger partial charge in [-0.15, -0.1) is 0 Å². The summed E-state index contributed by atoms with van der Waals surface area (Å²) >= 11 is 0. The number of hydrogen-bond acceptors (Lipinski definition) is 4. The van der Waals surface area contributed by atoms with E-state index in [1.54, 1.807) is 6.08 Å². The number of carbonyl (C=O) groups excluding carboxylic acids is 1. The Morgan fingerprint density at radius 2 is 2.17 bits per heavy atom. The molecule has 2 saturated heterocycles. The molecule has 0 radical (unpaired) electrons. The molecule has 12 heavy (non-hydrogen) atoms. The van der Waals surface area contributed by atoms with Crippen molar-refractivity contribution in [3.8, 4) is 0 Å². The van der Waals surface area contributed by atoms with Crippen molar-refractivity contribution in [2.24, 2.45) is 0 Å². The molecule has 0 unspecified atom stereocenters. The monoisotopic (exact) mass is 168 g/mol. The van der Waals surface area contributed by atoms with E-state index >= 15 is 0 Å². The van der Waals surface area contributed by atoms with Gasteiger partial charge in [-0.3, -0.25) is 4.79 Å². The van der Waals surface area contributed by atoms with Crippen molar-refractivity contribution in [3.05, 3.63) is 12.2 Å². The molecule has 1 aliphatic carbocycles. The van der Waals surface area contributed by atoms with Gasteiger partial charge in [0.25, 0.3) is 0 Å². The molecule has 4 heteroatoms. The summed E-state index contributed by atoms with van der Waals surface area (Å²) in [6, 6.07) is 0. The van der Waals surface area contributed by atoms with Crippen LogP contribution in [0.5, 0.6) is 0 Å². The lowest BCUT2D eigenvalue weighted by Crippen LogP contribution is -2.39. The van der Waals surface area contributed by atoms with Crippen LogP contribution in [0.3, 0.4) is 0 Å². The molecule has 2 aliphatic heterocycles. The minimum absolute atomic E-state index is 0.0183. The van der Waals surface area contributed by atoms with Crippen LogP contribution in [0.4, 0.5) is 0 Å². The highest BCUT2D eigenvalue weighted by molar-refractivity contribution is 5.97. The van der Waals surface area contributed by atoms with Crippen LogP contribution in [0, 0.1) is 0 Å². The molecule has 2 fully saturated rings. The van der Waals surface area contributed by atoms with Gasteiger partial charge in [0.1, 0.15) is 6.10 Å². The summed E-state index contributed by atoms with van der Waals surface area (Å²) in [7, 11) is 0. The minimum Gasteiger partial charge on any atom is -0.355 e. The van der Waals surface area contributed by atoms with E-state index in [2.05, 4.69) is 0 Å². The number of rotatable bonds is 0. The second-order valence-corrected chi connectivity index (χ2v) is 3.13. The number of hydrogen-bond donors (Lipinski definition) is 0. The molecule has 1 spiro atoms. The summed E-state index contributed by atoms with van der Waals surface area (Å²) in [5.41, 5.74) is 0. The minimum atomic E-state index is -0.738. The highest BCUT2D eigenvalue weighted by Gasteiger charge is 2.62. The van der Waals surface area contributed by atoms with Crippen molar-refractivity contribution in [1.82, 2.24) is 0 Å². The van der Waals surface area contributed by atoms with E-state index < -0.39 is 5.79 Å². The lowest BCUT2D eigenvalue weighted by Gasteiger charge is -2.22. The van der Waals surface area contributed by atoms with Crippen LogP contribution in [-0.4, -0.2) is 37.0 Å². The molecule has 0 bridgehead atoms. The van der Waals surface area contributed by atoms with Crippen LogP contribution in [0.25, 0.3) is 0 Å². The van der Waals surface area contributed by atoms with Gasteiger partial charge in [0.05, 0.1) is 13.2 Å². The summed E-state index contributed by atoms with van der Waals surface area (Å²) < 4.78 is 16.0. The van der Waals surface area contributed by atoms with Gasteiger partial charge in [-0.25, -0.2) is 0 Å². The molecular weight excluding hydrogens is 160 g/mol. The Balaban J connectivity index is 1.97. The summed E-state index contributed by atoms with van der Waals surface area (Å²) in [4.78, 5) is 11.1. The third-order valence-corrected chi connectivity index (χ3v) is 2.39. The van der Waals surface area contributed by atoms with Gasteiger partial charge in [0.15, 0.2) is 11.9 Å². The summed E-state index contributed by atoms with van der Waals surface area (Å²) in [5, 5.41) is 0. The molecule has 0 N–H and O–H groups in total. The third-order valence-electron chi connectivity index (χ3n) is 2.39. The standard InChI is InChI=1S/C8H8O4/c9-5-1-2-8(7-6(5)12-7)10-3-4-11-8/h1-2,6-7H,3-4H2/t6-,7-/m1/s1. The predicted octanol–water partition coefficient (Wildman–Crippen LogP) is -0.364. The van der Waals surface area contributed by atoms with Crippen LogP contribution in [0.2, 0.25) is 0 Å². The molecule has 3 aliphatic rings. The lowest BCUT2D eigenvalue weighted by molar-refractivity contribution is -0.135. The van der Waals surface area contributed by atoms with Gasteiger partial charge in [-0.2, -0.15) is 0 Å². The Bertz CT molecular complexity index is 264. The van der Waals surface area contributed by atoms with Crippen LogP contribution in [0.1, 0.15) is 0 Å². The van der Waals surface area contributed by atoms with Crippen LogP contribution in [-0.2, 0) is 19.0 Å². The van der Waals surface area contributed by atoms with Crippen molar-refractivity contribution in [1.29, 1.82) is 0 Å². The Hall–Kier alpha value is -0.710. The first kappa shape index (κ1) is 6.77. The first-order valence-electron chi connectivity index (χ1n) is 3.98. The molecule has 0 amide bonds. The highest BCUT2D eigenvalue weighted by Crippen LogP contribution is 2.42. The average Bonchev–Trinajstić information content (AvgIpc) is 2.77. The van der Waals surface area contributed by atoms with E-state index in [9.17, 15) is 4.79 Å². The van der Waals surface area contributed by atoms with E-state index in [1.165, 1.54) is 6.08 Å². The Morgan fingerprint density at radius 3 is 2.92 bits per heavy atom. The second-order valence-electron chi connectivity index (χ2n) is 3.13. The number of fused-ring (bicyclic) bond motifs is 2. The van der Waals surface area contributed by atoms with Crippen LogP contribution >= 0.6 is 0 Å². The fraction of sp³-hybridized carbons (Fsp3) is 0.625. The molecule has 0 aromatic heterocycles. The highest BCUT2D eigenvalue weighted by atomic mass is 16.8. The molecule has 0 aromatic rings. The number of ether oxygens (including phenoxy) is 3. The largest absolute Gasteiger partial charge is 0.355 e. The maximum atomic E-state index is 11.1. The number of carbonyl (C=O) groups is 1. The zero-order valence-electron chi connectivity index (χ0n) is 6.36. The SMILES string of the molecule is O=C1C=CC2(OCCO2)[C@@H]2O[C@H]12. The lowest BCUT2D eigenvalue weighted by atomic mass is 10.0. The van der Waals surface area contributed by atoms with Gasteiger partial charge in [0.2, 0.25) is 5.79 Å². The molecule has 2 atom stereocenters. The van der Waals surface area contributed by atoms with Gasteiger partial charge < -0.3 is 14.2 Å². The van der Waals surface area contributed by atoms with E-state index in [1.807, 2.05) is 0 Å². The molecular formula is C8H8O4. The van der Waals surface area contributed by atoms with Gasteiger partial charge in [0, 0.05) is 0 Å². The van der Waals surface area contributed by atoms with Crippen molar-refractivity contribution in [3.63, 3.8) is 0 Å². The van der Waals surface area contributed by atoms with E-state index in [0.717, 1.165) is 0 Å². The third kappa shape index (κ3) is 0.696. The maximum Gasteiger partial charge on any atom is 0.218 e. The van der Waals surface area contributed by atoms with E-state index in [0.29, 0.717) is 13.2 Å². The molecule has 0 aromatic carbocycles. The molecule has 3 rings (SSSR count). The van der Waals surface area contributed by atoms with E-state index in [-0.39, 0.29) is 18.0 Å². The normalized spacial score (nSPS) is 41.8. The van der Waals surface area contributed by atoms with Crippen molar-refractivity contribution in [2.45, 2.75) is 18.0 Å². The first-order chi connectivity index (χ1) is 5.82. The Morgan fingerprint density at radius 1 is 1.42 bits per heavy atom. The molecule has 2 heterocycles.